The molecule has 0 unspecified atom stereocenters. The van der Waals surface area contributed by atoms with E-state index in [0.29, 0.717) is 10.8 Å². The first-order valence-corrected chi connectivity index (χ1v) is 7.07. The summed E-state index contributed by atoms with van der Waals surface area (Å²) in [6, 6.07) is 5.08. The van der Waals surface area contributed by atoms with Gasteiger partial charge >= 0.3 is 0 Å². The lowest BCUT2D eigenvalue weighted by molar-refractivity contribution is 0.403. The van der Waals surface area contributed by atoms with Gasteiger partial charge in [-0.25, -0.2) is 0 Å². The van der Waals surface area contributed by atoms with Gasteiger partial charge in [-0.3, -0.25) is 0 Å². The molecule has 0 fully saturated rings. The lowest BCUT2D eigenvalue weighted by Crippen LogP contribution is -2.18. The van der Waals surface area contributed by atoms with E-state index in [0.717, 1.165) is 0 Å². The maximum absolute atomic E-state index is 2.54. The molecule has 0 radical (unpaired) electrons. The van der Waals surface area contributed by atoms with E-state index in [1.54, 1.807) is 22.3 Å². The van der Waals surface area contributed by atoms with Crippen LogP contribution in [0.3, 0.4) is 0 Å². The summed E-state index contributed by atoms with van der Waals surface area (Å²) < 4.78 is 0. The van der Waals surface area contributed by atoms with E-state index in [1.807, 2.05) is 0 Å². The number of hydrogen-bond acceptors (Lipinski definition) is 0. The molecule has 17 heavy (non-hydrogen) atoms. The summed E-state index contributed by atoms with van der Waals surface area (Å²) >= 11 is 0. The van der Waals surface area contributed by atoms with Crippen LogP contribution in [0.1, 0.15) is 69.2 Å². The maximum Gasteiger partial charge on any atom is -0.00922 e. The number of benzene rings is 1. The van der Waals surface area contributed by atoms with Gasteiger partial charge in [-0.2, -0.15) is 0 Å². The molecule has 2 aliphatic rings. The normalized spacial score (nSPS) is 24.2. The van der Waals surface area contributed by atoms with Crippen LogP contribution in [-0.4, -0.2) is 0 Å². The van der Waals surface area contributed by atoms with E-state index in [-0.39, 0.29) is 0 Å². The Balaban J connectivity index is 2.20. The molecule has 0 bridgehead atoms. The molecule has 0 aliphatic heterocycles. The van der Waals surface area contributed by atoms with Gasteiger partial charge in [0.15, 0.2) is 0 Å². The highest BCUT2D eigenvalue weighted by Crippen LogP contribution is 2.50. The minimum absolute atomic E-state index is 0.366. The average molecular weight is 228 g/mol. The summed E-state index contributed by atoms with van der Waals surface area (Å²) in [6.45, 7) is 9.65. The van der Waals surface area contributed by atoms with Gasteiger partial charge in [0.2, 0.25) is 0 Å². The first kappa shape index (κ1) is 11.3. The molecule has 3 rings (SSSR count). The van der Waals surface area contributed by atoms with Crippen LogP contribution in [0, 0.1) is 0 Å². The monoisotopic (exact) mass is 228 g/mol. The van der Waals surface area contributed by atoms with Crippen LogP contribution in [0.15, 0.2) is 12.1 Å². The van der Waals surface area contributed by atoms with Gasteiger partial charge in [0.05, 0.1) is 0 Å². The number of fused-ring (bicyclic) bond motifs is 2. The molecule has 0 heterocycles. The largest absolute Gasteiger partial charge is 0.0558 e. The van der Waals surface area contributed by atoms with Crippen molar-refractivity contribution in [2.24, 2.45) is 0 Å². The molecule has 0 heteroatoms. The summed E-state index contributed by atoms with van der Waals surface area (Å²) in [5.74, 6) is 0. The van der Waals surface area contributed by atoms with E-state index < -0.39 is 0 Å². The molecule has 0 spiro atoms. The second kappa shape index (κ2) is 3.37. The minimum Gasteiger partial charge on any atom is -0.0558 e. The SMILES string of the molecule is CC1(C)CC(C)(C)c2cc3c(cc21)CCCC3. The Morgan fingerprint density at radius 2 is 1.18 bits per heavy atom. The molecule has 0 saturated heterocycles. The second-order valence-corrected chi connectivity index (χ2v) is 7.32. The maximum atomic E-state index is 2.54. The van der Waals surface area contributed by atoms with Gasteiger partial charge in [0.25, 0.3) is 0 Å². The Labute approximate surface area is 105 Å². The second-order valence-electron chi connectivity index (χ2n) is 7.32. The Hall–Kier alpha value is -0.780. The quantitative estimate of drug-likeness (QED) is 0.612. The van der Waals surface area contributed by atoms with E-state index in [1.165, 1.54) is 32.1 Å². The van der Waals surface area contributed by atoms with Crippen molar-refractivity contribution in [2.45, 2.75) is 70.6 Å². The summed E-state index contributed by atoms with van der Waals surface area (Å²) in [7, 11) is 0. The van der Waals surface area contributed by atoms with Crippen molar-refractivity contribution in [1.29, 1.82) is 0 Å². The molecular weight excluding hydrogens is 204 g/mol. The highest BCUT2D eigenvalue weighted by atomic mass is 14.5. The van der Waals surface area contributed by atoms with Crippen molar-refractivity contribution >= 4 is 0 Å². The molecule has 92 valence electrons. The molecule has 0 amide bonds. The predicted molar refractivity (Wildman–Crippen MR) is 73.8 cm³/mol. The molecular formula is C17H24. The zero-order chi connectivity index (χ0) is 12.3. The standard InChI is InChI=1S/C17H24/c1-16(2)11-17(3,4)15-10-13-8-6-5-7-12(13)9-14(15)16/h9-10H,5-8,11H2,1-4H3. The van der Waals surface area contributed by atoms with Crippen LogP contribution in [0.4, 0.5) is 0 Å². The molecule has 0 nitrogen and oxygen atoms in total. The summed E-state index contributed by atoms with van der Waals surface area (Å²) in [5.41, 5.74) is 7.27. The van der Waals surface area contributed by atoms with E-state index in [2.05, 4.69) is 39.8 Å². The van der Waals surface area contributed by atoms with Gasteiger partial charge in [-0.05, 0) is 65.2 Å². The molecule has 1 aromatic rings. The van der Waals surface area contributed by atoms with Crippen molar-refractivity contribution in [2.75, 3.05) is 0 Å². The van der Waals surface area contributed by atoms with Crippen molar-refractivity contribution < 1.29 is 0 Å². The van der Waals surface area contributed by atoms with Crippen molar-refractivity contribution in [3.63, 3.8) is 0 Å². The molecule has 2 aliphatic carbocycles. The number of aryl methyl sites for hydroxylation is 2. The van der Waals surface area contributed by atoms with Crippen LogP contribution >= 0.6 is 0 Å². The average Bonchev–Trinajstić information content (AvgIpc) is 2.43. The fraction of sp³-hybridized carbons (Fsp3) is 0.647. The Morgan fingerprint density at radius 1 is 0.765 bits per heavy atom. The van der Waals surface area contributed by atoms with Gasteiger partial charge in [0, 0.05) is 0 Å². The predicted octanol–water partition coefficient (Wildman–Crippen LogP) is 4.52. The van der Waals surface area contributed by atoms with Gasteiger partial charge in [0.1, 0.15) is 0 Å². The molecule has 0 N–H and O–H groups in total. The van der Waals surface area contributed by atoms with Crippen molar-refractivity contribution in [3.8, 4) is 0 Å². The lowest BCUT2D eigenvalue weighted by Gasteiger charge is -2.23. The van der Waals surface area contributed by atoms with E-state index in [9.17, 15) is 0 Å². The highest BCUT2D eigenvalue weighted by Gasteiger charge is 2.42. The topological polar surface area (TPSA) is 0 Å². The van der Waals surface area contributed by atoms with Crippen molar-refractivity contribution in [1.82, 2.24) is 0 Å². The minimum atomic E-state index is 0.366. The van der Waals surface area contributed by atoms with Crippen LogP contribution in [0.5, 0.6) is 0 Å². The van der Waals surface area contributed by atoms with Crippen LogP contribution in [0.2, 0.25) is 0 Å². The van der Waals surface area contributed by atoms with E-state index >= 15 is 0 Å². The Morgan fingerprint density at radius 3 is 1.59 bits per heavy atom. The fourth-order valence-corrected chi connectivity index (χ4v) is 4.20. The van der Waals surface area contributed by atoms with E-state index in [4.69, 9.17) is 0 Å². The van der Waals surface area contributed by atoms with Crippen LogP contribution < -0.4 is 0 Å². The zero-order valence-corrected chi connectivity index (χ0v) is 11.7. The third-order valence-corrected chi connectivity index (χ3v) is 4.82. The first-order chi connectivity index (χ1) is 7.90. The highest BCUT2D eigenvalue weighted by molar-refractivity contribution is 5.50. The third-order valence-electron chi connectivity index (χ3n) is 4.82. The lowest BCUT2D eigenvalue weighted by atomic mass is 9.82. The van der Waals surface area contributed by atoms with Crippen molar-refractivity contribution in [3.05, 3.63) is 34.4 Å². The molecule has 0 atom stereocenters. The van der Waals surface area contributed by atoms with Crippen LogP contribution in [-0.2, 0) is 23.7 Å². The van der Waals surface area contributed by atoms with Gasteiger partial charge in [-0.1, -0.05) is 39.8 Å². The Kier molecular flexibility index (Phi) is 2.24. The molecule has 0 saturated carbocycles. The summed E-state index contributed by atoms with van der Waals surface area (Å²) in [6.07, 6.45) is 6.67. The number of rotatable bonds is 0. The molecule has 1 aromatic carbocycles. The first-order valence-electron chi connectivity index (χ1n) is 7.07. The zero-order valence-electron chi connectivity index (χ0n) is 11.7. The molecule has 0 aromatic heterocycles. The third kappa shape index (κ3) is 1.64. The Bertz CT molecular complexity index is 420. The van der Waals surface area contributed by atoms with Crippen LogP contribution in [0.25, 0.3) is 0 Å². The smallest absolute Gasteiger partial charge is 0.00922 e. The number of hydrogen-bond donors (Lipinski definition) is 0. The van der Waals surface area contributed by atoms with Gasteiger partial charge < -0.3 is 0 Å². The summed E-state index contributed by atoms with van der Waals surface area (Å²) in [4.78, 5) is 0. The summed E-state index contributed by atoms with van der Waals surface area (Å²) in [5, 5.41) is 0. The fourth-order valence-electron chi connectivity index (χ4n) is 4.20. The van der Waals surface area contributed by atoms with Gasteiger partial charge in [-0.15, -0.1) is 0 Å².